The van der Waals surface area contributed by atoms with E-state index in [-0.39, 0.29) is 12.5 Å². The van der Waals surface area contributed by atoms with Gasteiger partial charge < -0.3 is 10.4 Å². The first-order valence-electron chi connectivity index (χ1n) is 5.71. The van der Waals surface area contributed by atoms with Gasteiger partial charge in [-0.15, -0.1) is 11.3 Å². The first-order chi connectivity index (χ1) is 7.76. The van der Waals surface area contributed by atoms with Crippen molar-refractivity contribution in [1.29, 1.82) is 0 Å². The third-order valence-electron chi connectivity index (χ3n) is 2.34. The fraction of sp³-hybridized carbons (Fsp3) is 0.583. The van der Waals surface area contributed by atoms with Gasteiger partial charge in [0.25, 0.3) is 0 Å². The minimum absolute atomic E-state index is 0.0694. The number of hydrogen-bond donors (Lipinski definition) is 2. The predicted molar refractivity (Wildman–Crippen MR) is 66.5 cm³/mol. The SMILES string of the molecule is CCc1ccc(CNC(=O)CCCCO)s1. The number of carbonyl (C=O) groups excluding carboxylic acids is 1. The third-order valence-corrected chi connectivity index (χ3v) is 3.57. The lowest BCUT2D eigenvalue weighted by atomic mass is 10.2. The molecule has 4 heteroatoms. The Morgan fingerprint density at radius 2 is 2.12 bits per heavy atom. The Kier molecular flexibility index (Phi) is 6.11. The molecule has 0 spiro atoms. The van der Waals surface area contributed by atoms with E-state index < -0.39 is 0 Å². The number of aryl methyl sites for hydroxylation is 1. The average molecular weight is 241 g/mol. The van der Waals surface area contributed by atoms with Crippen LogP contribution in [0.1, 0.15) is 35.9 Å². The Labute approximate surface area is 100 Å². The number of rotatable bonds is 7. The van der Waals surface area contributed by atoms with Crippen molar-refractivity contribution in [2.24, 2.45) is 0 Å². The highest BCUT2D eigenvalue weighted by atomic mass is 32.1. The van der Waals surface area contributed by atoms with Crippen LogP contribution in [-0.4, -0.2) is 17.6 Å². The molecule has 0 radical (unpaired) electrons. The summed E-state index contributed by atoms with van der Waals surface area (Å²) in [6.07, 6.45) is 3.01. The molecule has 16 heavy (non-hydrogen) atoms. The van der Waals surface area contributed by atoms with Gasteiger partial charge in [-0.1, -0.05) is 6.92 Å². The number of aliphatic hydroxyl groups excluding tert-OH is 1. The summed E-state index contributed by atoms with van der Waals surface area (Å²) in [6.45, 7) is 2.92. The maximum Gasteiger partial charge on any atom is 0.220 e. The highest BCUT2D eigenvalue weighted by molar-refractivity contribution is 7.11. The largest absolute Gasteiger partial charge is 0.396 e. The molecule has 0 fully saturated rings. The van der Waals surface area contributed by atoms with Crippen LogP contribution in [0.2, 0.25) is 0 Å². The summed E-state index contributed by atoms with van der Waals surface area (Å²) in [4.78, 5) is 13.9. The molecule has 0 saturated carbocycles. The molecule has 0 atom stereocenters. The summed E-state index contributed by atoms with van der Waals surface area (Å²) >= 11 is 1.75. The highest BCUT2D eigenvalue weighted by Crippen LogP contribution is 2.16. The van der Waals surface area contributed by atoms with Crippen LogP contribution >= 0.6 is 11.3 Å². The molecule has 0 aromatic carbocycles. The maximum atomic E-state index is 11.4. The van der Waals surface area contributed by atoms with E-state index in [1.54, 1.807) is 11.3 Å². The van der Waals surface area contributed by atoms with Crippen molar-refractivity contribution in [2.75, 3.05) is 6.61 Å². The Hall–Kier alpha value is -0.870. The molecule has 1 aromatic rings. The second kappa shape index (κ2) is 7.41. The molecule has 3 nitrogen and oxygen atoms in total. The van der Waals surface area contributed by atoms with E-state index in [0.717, 1.165) is 12.8 Å². The summed E-state index contributed by atoms with van der Waals surface area (Å²) < 4.78 is 0. The van der Waals surface area contributed by atoms with Crippen LogP contribution in [0.15, 0.2) is 12.1 Å². The van der Waals surface area contributed by atoms with E-state index in [1.165, 1.54) is 9.75 Å². The van der Waals surface area contributed by atoms with Crippen LogP contribution in [0.3, 0.4) is 0 Å². The zero-order chi connectivity index (χ0) is 11.8. The molecule has 90 valence electrons. The molecule has 0 aliphatic heterocycles. The summed E-state index contributed by atoms with van der Waals surface area (Å²) in [5, 5.41) is 11.5. The molecule has 0 unspecified atom stereocenters. The van der Waals surface area contributed by atoms with E-state index >= 15 is 0 Å². The Bertz CT molecular complexity index is 323. The minimum atomic E-state index is 0.0694. The maximum absolute atomic E-state index is 11.4. The zero-order valence-corrected chi connectivity index (χ0v) is 10.5. The summed E-state index contributed by atoms with van der Waals surface area (Å²) in [5.74, 6) is 0.0694. The van der Waals surface area contributed by atoms with Crippen LogP contribution in [0.4, 0.5) is 0 Å². The van der Waals surface area contributed by atoms with Gasteiger partial charge in [0.05, 0.1) is 6.54 Å². The number of thiophene rings is 1. The van der Waals surface area contributed by atoms with Gasteiger partial charge >= 0.3 is 0 Å². The lowest BCUT2D eigenvalue weighted by Crippen LogP contribution is -2.21. The van der Waals surface area contributed by atoms with Crippen molar-refractivity contribution in [1.82, 2.24) is 5.32 Å². The number of carbonyl (C=O) groups is 1. The Morgan fingerprint density at radius 3 is 2.75 bits per heavy atom. The van der Waals surface area contributed by atoms with Crippen LogP contribution < -0.4 is 5.32 Å². The van der Waals surface area contributed by atoms with Gasteiger partial charge in [0.1, 0.15) is 0 Å². The van der Waals surface area contributed by atoms with E-state index in [0.29, 0.717) is 19.4 Å². The van der Waals surface area contributed by atoms with Gasteiger partial charge in [-0.05, 0) is 31.4 Å². The second-order valence-corrected chi connectivity index (χ2v) is 4.93. The van der Waals surface area contributed by atoms with Crippen LogP contribution in [0.25, 0.3) is 0 Å². The van der Waals surface area contributed by atoms with Gasteiger partial charge in [0.2, 0.25) is 5.91 Å². The molecule has 0 aliphatic rings. The zero-order valence-electron chi connectivity index (χ0n) is 9.66. The van der Waals surface area contributed by atoms with Crippen LogP contribution in [0.5, 0.6) is 0 Å². The monoisotopic (exact) mass is 241 g/mol. The molecule has 0 bridgehead atoms. The average Bonchev–Trinajstić information content (AvgIpc) is 2.74. The summed E-state index contributed by atoms with van der Waals surface area (Å²) in [5.41, 5.74) is 0. The first kappa shape index (κ1) is 13.2. The lowest BCUT2D eigenvalue weighted by molar-refractivity contribution is -0.121. The molecule has 1 amide bonds. The standard InChI is InChI=1S/C12H19NO2S/c1-2-10-6-7-11(16-10)9-13-12(15)5-3-4-8-14/h6-7,14H,2-5,8-9H2,1H3,(H,13,15). The number of nitrogens with one attached hydrogen (secondary N) is 1. The second-order valence-electron chi connectivity index (χ2n) is 3.68. The molecule has 0 saturated heterocycles. The van der Waals surface area contributed by atoms with Crippen molar-refractivity contribution in [2.45, 2.75) is 39.2 Å². The first-order valence-corrected chi connectivity index (χ1v) is 6.53. The van der Waals surface area contributed by atoms with E-state index in [9.17, 15) is 4.79 Å². The molecule has 2 N–H and O–H groups in total. The number of hydrogen-bond acceptors (Lipinski definition) is 3. The van der Waals surface area contributed by atoms with Crippen LogP contribution in [0, 0.1) is 0 Å². The quantitative estimate of drug-likeness (QED) is 0.718. The number of aliphatic hydroxyl groups is 1. The summed E-state index contributed by atoms with van der Waals surface area (Å²) in [7, 11) is 0. The molecular weight excluding hydrogens is 222 g/mol. The third kappa shape index (κ3) is 4.77. The van der Waals surface area contributed by atoms with E-state index in [4.69, 9.17) is 5.11 Å². The lowest BCUT2D eigenvalue weighted by Gasteiger charge is -2.02. The van der Waals surface area contributed by atoms with Crippen molar-refractivity contribution in [3.63, 3.8) is 0 Å². The molecule has 1 rings (SSSR count). The van der Waals surface area contributed by atoms with Crippen molar-refractivity contribution >= 4 is 17.2 Å². The fourth-order valence-corrected chi connectivity index (χ4v) is 2.28. The Balaban J connectivity index is 2.20. The van der Waals surface area contributed by atoms with Gasteiger partial charge in [0, 0.05) is 22.8 Å². The molecule has 1 heterocycles. The van der Waals surface area contributed by atoms with E-state index in [2.05, 4.69) is 24.4 Å². The van der Waals surface area contributed by atoms with Crippen molar-refractivity contribution in [3.05, 3.63) is 21.9 Å². The smallest absolute Gasteiger partial charge is 0.220 e. The Morgan fingerprint density at radius 1 is 1.38 bits per heavy atom. The van der Waals surface area contributed by atoms with Crippen LogP contribution in [-0.2, 0) is 17.8 Å². The molecule has 0 aliphatic carbocycles. The van der Waals surface area contributed by atoms with Gasteiger partial charge in [-0.25, -0.2) is 0 Å². The van der Waals surface area contributed by atoms with Gasteiger partial charge in [0.15, 0.2) is 0 Å². The molecule has 1 aromatic heterocycles. The fourth-order valence-electron chi connectivity index (χ4n) is 1.38. The van der Waals surface area contributed by atoms with Crippen molar-refractivity contribution < 1.29 is 9.90 Å². The topological polar surface area (TPSA) is 49.3 Å². The molecular formula is C12H19NO2S. The predicted octanol–water partition coefficient (Wildman–Crippen LogP) is 2.09. The summed E-state index contributed by atoms with van der Waals surface area (Å²) in [6, 6.07) is 4.18. The number of amides is 1. The van der Waals surface area contributed by atoms with E-state index in [1.807, 2.05) is 0 Å². The highest BCUT2D eigenvalue weighted by Gasteiger charge is 2.02. The minimum Gasteiger partial charge on any atom is -0.396 e. The normalized spacial score (nSPS) is 10.4. The van der Waals surface area contributed by atoms with Crippen molar-refractivity contribution in [3.8, 4) is 0 Å². The van der Waals surface area contributed by atoms with Gasteiger partial charge in [-0.3, -0.25) is 4.79 Å². The van der Waals surface area contributed by atoms with Gasteiger partial charge in [-0.2, -0.15) is 0 Å². The number of unbranched alkanes of at least 4 members (excludes halogenated alkanes) is 1.